The van der Waals surface area contributed by atoms with Crippen LogP contribution in [0.15, 0.2) is 24.3 Å². The van der Waals surface area contributed by atoms with Crippen LogP contribution >= 0.6 is 0 Å². The van der Waals surface area contributed by atoms with Crippen LogP contribution in [0.2, 0.25) is 0 Å². The number of β-amino-alcohol motifs (C(OH)–C–C–N with tert-alkyl or cyclic N) is 2. The Balaban J connectivity index is 2.36. The van der Waals surface area contributed by atoms with E-state index in [2.05, 4.69) is 4.90 Å². The van der Waals surface area contributed by atoms with E-state index in [0.717, 1.165) is 11.3 Å². The van der Waals surface area contributed by atoms with Crippen LogP contribution in [0, 0.1) is 0 Å². The average molecular weight is 655 g/mol. The summed E-state index contributed by atoms with van der Waals surface area (Å²) in [5, 5.41) is 41.0. The molecule has 4 N–H and O–H groups in total. The minimum Gasteiger partial charge on any atom is -0.494 e. The number of aliphatic hydroxyl groups is 2. The summed E-state index contributed by atoms with van der Waals surface area (Å²) < 4.78 is 17.2. The highest BCUT2D eigenvalue weighted by atomic mass is 16.6. The molecule has 13 nitrogen and oxygen atoms in total. The summed E-state index contributed by atoms with van der Waals surface area (Å²) in [6.45, 7) is 18.5. The number of hydrogen-bond donors (Lipinski definition) is 4. The number of ether oxygens (including phenoxy) is 3. The van der Waals surface area contributed by atoms with Crippen molar-refractivity contribution in [3.8, 4) is 5.75 Å². The van der Waals surface area contributed by atoms with Crippen LogP contribution in [0.4, 0.5) is 0 Å². The fraction of sp³-hybridized carbons (Fsp3) is 0.758. The molecule has 0 bridgehead atoms. The van der Waals surface area contributed by atoms with Crippen LogP contribution in [0.1, 0.15) is 60.5 Å². The molecule has 264 valence electrons. The van der Waals surface area contributed by atoms with Crippen molar-refractivity contribution in [1.29, 1.82) is 0 Å². The predicted molar refractivity (Wildman–Crippen MR) is 175 cm³/mol. The predicted octanol–water partition coefficient (Wildman–Crippen LogP) is 2.00. The van der Waals surface area contributed by atoms with E-state index in [1.165, 1.54) is 0 Å². The van der Waals surface area contributed by atoms with Crippen LogP contribution in [0.25, 0.3) is 0 Å². The van der Waals surface area contributed by atoms with Crippen LogP contribution < -0.4 is 4.74 Å². The summed E-state index contributed by atoms with van der Waals surface area (Å²) in [5.41, 5.74) is 0.00118. The molecule has 46 heavy (non-hydrogen) atoms. The second-order valence-electron chi connectivity index (χ2n) is 13.8. The first-order valence-corrected chi connectivity index (χ1v) is 16.2. The lowest BCUT2D eigenvalue weighted by Crippen LogP contribution is -2.52. The number of carbonyl (C=O) groups is 2. The highest BCUT2D eigenvalue weighted by molar-refractivity contribution is 5.80. The zero-order valence-corrected chi connectivity index (χ0v) is 28.9. The molecular weight excluding hydrogens is 596 g/mol. The molecule has 1 fully saturated rings. The van der Waals surface area contributed by atoms with Crippen molar-refractivity contribution >= 4 is 11.9 Å². The first kappa shape index (κ1) is 39.8. The second kappa shape index (κ2) is 18.8. The first-order chi connectivity index (χ1) is 21.4. The Morgan fingerprint density at radius 3 is 1.57 bits per heavy atom. The number of aliphatic hydroxyl groups excluding tert-OH is 2. The first-order valence-electron chi connectivity index (χ1n) is 16.2. The van der Waals surface area contributed by atoms with Gasteiger partial charge in [-0.3, -0.25) is 29.2 Å². The van der Waals surface area contributed by atoms with Crippen molar-refractivity contribution in [1.82, 2.24) is 19.6 Å². The molecule has 0 amide bonds. The van der Waals surface area contributed by atoms with Gasteiger partial charge in [-0.1, -0.05) is 12.1 Å². The van der Waals surface area contributed by atoms with Gasteiger partial charge >= 0.3 is 11.9 Å². The third-order valence-electron chi connectivity index (χ3n) is 7.41. The Hall–Kier alpha value is -2.36. The monoisotopic (exact) mass is 654 g/mol. The van der Waals surface area contributed by atoms with E-state index in [4.69, 9.17) is 14.2 Å². The van der Waals surface area contributed by atoms with Gasteiger partial charge in [-0.2, -0.15) is 0 Å². The van der Waals surface area contributed by atoms with Crippen molar-refractivity contribution in [2.45, 2.75) is 91.3 Å². The maximum absolute atomic E-state index is 12.2. The molecule has 0 spiro atoms. The van der Waals surface area contributed by atoms with Gasteiger partial charge in [0.15, 0.2) is 12.6 Å². The van der Waals surface area contributed by atoms with E-state index in [9.17, 15) is 30.0 Å². The number of carboxylic acid groups (broad SMARTS) is 2. The van der Waals surface area contributed by atoms with E-state index < -0.39 is 48.2 Å². The summed E-state index contributed by atoms with van der Waals surface area (Å²) in [7, 11) is 0. The van der Waals surface area contributed by atoms with Crippen molar-refractivity contribution in [2.24, 2.45) is 0 Å². The Morgan fingerprint density at radius 1 is 0.739 bits per heavy atom. The van der Waals surface area contributed by atoms with Crippen LogP contribution in [0.5, 0.6) is 5.75 Å². The second-order valence-corrected chi connectivity index (χ2v) is 13.8. The van der Waals surface area contributed by atoms with Gasteiger partial charge in [0, 0.05) is 72.0 Å². The van der Waals surface area contributed by atoms with Crippen molar-refractivity contribution < 1.29 is 44.2 Å². The van der Waals surface area contributed by atoms with E-state index >= 15 is 0 Å². The number of rotatable bonds is 14. The fourth-order valence-corrected chi connectivity index (χ4v) is 5.37. The molecule has 13 heteroatoms. The quantitative estimate of drug-likeness (QED) is 0.216. The smallest absolute Gasteiger partial charge is 0.321 e. The highest BCUT2D eigenvalue weighted by Gasteiger charge is 2.30. The van der Waals surface area contributed by atoms with E-state index in [-0.39, 0.29) is 26.2 Å². The molecule has 1 aliphatic rings. The Bertz CT molecular complexity index is 1010. The zero-order chi connectivity index (χ0) is 34.5. The molecular formula is C33H58N4O9. The molecule has 0 saturated carbocycles. The minimum absolute atomic E-state index is 0.209. The van der Waals surface area contributed by atoms with E-state index in [0.29, 0.717) is 52.4 Å². The Kier molecular flexibility index (Phi) is 16.3. The summed E-state index contributed by atoms with van der Waals surface area (Å²) in [6.07, 6.45) is -2.67. The Morgan fingerprint density at radius 2 is 1.17 bits per heavy atom. The summed E-state index contributed by atoms with van der Waals surface area (Å²) in [4.78, 5) is 31.9. The van der Waals surface area contributed by atoms with Gasteiger partial charge in [0.25, 0.3) is 0 Å². The maximum Gasteiger partial charge on any atom is 0.321 e. The molecule has 2 rings (SSSR count). The van der Waals surface area contributed by atoms with E-state index in [1.54, 1.807) is 4.90 Å². The maximum atomic E-state index is 12.2. The molecule has 1 aromatic carbocycles. The Labute approximate surface area is 274 Å². The molecule has 1 aromatic rings. The third-order valence-corrected chi connectivity index (χ3v) is 7.41. The minimum atomic E-state index is -1.23. The lowest BCUT2D eigenvalue weighted by atomic mass is 10.1. The van der Waals surface area contributed by atoms with Crippen LogP contribution in [0.3, 0.4) is 0 Å². The molecule has 0 aliphatic carbocycles. The number of aliphatic carboxylic acids is 2. The van der Waals surface area contributed by atoms with Gasteiger partial charge in [0.05, 0.1) is 24.2 Å². The molecule has 3 atom stereocenters. The van der Waals surface area contributed by atoms with Gasteiger partial charge in [-0.15, -0.1) is 0 Å². The standard InChI is InChI=1S/C33H58N4O9/c1-8-44-26-11-9-25(10-12-26)22-34-13-15-35(23-29(40)45-32(2,3)4)17-19-37(27(31(42)43)21-28(38)39)20-18-36(16-14-34)24-30(41)46-33(5,6)7/h9-12,27,29-30,40-41H,8,13-24H2,1-7H3,(H,38,39)(H,42,43). The SMILES string of the molecule is CCOc1ccc(CN2CCN(CC(O)OC(C)(C)C)CCN(C(CC(=O)O)C(=O)O)CCN(CC(O)OC(C)(C)C)CC2)cc1. The highest BCUT2D eigenvalue weighted by Crippen LogP contribution is 2.16. The summed E-state index contributed by atoms with van der Waals surface area (Å²) in [5.74, 6) is -1.59. The molecule has 1 aliphatic heterocycles. The normalized spacial score (nSPS) is 19.5. The number of hydrogen-bond acceptors (Lipinski definition) is 11. The van der Waals surface area contributed by atoms with Gasteiger partial charge < -0.3 is 34.6 Å². The van der Waals surface area contributed by atoms with E-state index in [1.807, 2.05) is 82.5 Å². The lowest BCUT2D eigenvalue weighted by molar-refractivity contribution is -0.175. The number of carboxylic acids is 2. The van der Waals surface area contributed by atoms with Gasteiger partial charge in [0.2, 0.25) is 0 Å². The van der Waals surface area contributed by atoms with Crippen molar-refractivity contribution in [3.63, 3.8) is 0 Å². The largest absolute Gasteiger partial charge is 0.494 e. The third kappa shape index (κ3) is 16.5. The fourth-order valence-electron chi connectivity index (χ4n) is 5.37. The molecule has 1 saturated heterocycles. The topological polar surface area (TPSA) is 156 Å². The molecule has 0 aromatic heterocycles. The van der Waals surface area contributed by atoms with Gasteiger partial charge in [-0.25, -0.2) is 0 Å². The molecule has 0 radical (unpaired) electrons. The summed E-state index contributed by atoms with van der Waals surface area (Å²) in [6, 6.07) is 6.78. The molecule has 1 heterocycles. The lowest BCUT2D eigenvalue weighted by Gasteiger charge is -2.37. The number of nitrogens with zero attached hydrogens (tertiary/aromatic N) is 4. The van der Waals surface area contributed by atoms with Gasteiger partial charge in [0.1, 0.15) is 11.8 Å². The van der Waals surface area contributed by atoms with Gasteiger partial charge in [-0.05, 0) is 66.2 Å². The average Bonchev–Trinajstić information content (AvgIpc) is 2.90. The zero-order valence-electron chi connectivity index (χ0n) is 28.9. The van der Waals surface area contributed by atoms with Crippen molar-refractivity contribution in [3.05, 3.63) is 29.8 Å². The van der Waals surface area contributed by atoms with Crippen LogP contribution in [-0.2, 0) is 25.6 Å². The summed E-state index contributed by atoms with van der Waals surface area (Å²) >= 11 is 0. The van der Waals surface area contributed by atoms with Crippen LogP contribution in [-0.4, -0.2) is 154 Å². The number of benzene rings is 1. The van der Waals surface area contributed by atoms with Crippen molar-refractivity contribution in [2.75, 3.05) is 72.1 Å². The molecule has 3 unspecified atom stereocenters.